The summed E-state index contributed by atoms with van der Waals surface area (Å²) < 4.78 is 0. The molecule has 0 spiro atoms. The molecule has 0 radical (unpaired) electrons. The predicted molar refractivity (Wildman–Crippen MR) is 193 cm³/mol. The van der Waals surface area contributed by atoms with Crippen LogP contribution < -0.4 is 26.6 Å². The summed E-state index contributed by atoms with van der Waals surface area (Å²) in [5.74, 6) is -4.26. The lowest BCUT2D eigenvalue weighted by Crippen LogP contribution is -2.57. The molecule has 288 valence electrons. The van der Waals surface area contributed by atoms with Crippen LogP contribution in [0.15, 0.2) is 30.3 Å². The zero-order valence-corrected chi connectivity index (χ0v) is 31.6. The third kappa shape index (κ3) is 17.2. The SMILES string of the molecule is CC(C)CC(=O)NC(C(=O)NC(C(=O)NC(CC(C)C)C(O)CC(=O)NC(C)C(=O)NC(CC(C)C)C(O)CC(=O)O)C(C)C)c1ccccc1. The van der Waals surface area contributed by atoms with Crippen molar-refractivity contribution in [2.75, 3.05) is 0 Å². The van der Waals surface area contributed by atoms with E-state index in [4.69, 9.17) is 5.11 Å². The maximum atomic E-state index is 13.7. The third-order valence-electron chi connectivity index (χ3n) is 8.12. The highest BCUT2D eigenvalue weighted by atomic mass is 16.4. The molecule has 1 aromatic carbocycles. The van der Waals surface area contributed by atoms with Crippen molar-refractivity contribution in [3.05, 3.63) is 35.9 Å². The van der Waals surface area contributed by atoms with Gasteiger partial charge in [0, 0.05) is 6.42 Å². The van der Waals surface area contributed by atoms with E-state index in [9.17, 15) is 39.0 Å². The van der Waals surface area contributed by atoms with Gasteiger partial charge in [-0.25, -0.2) is 0 Å². The summed E-state index contributed by atoms with van der Waals surface area (Å²) in [6.07, 6.45) is -2.87. The van der Waals surface area contributed by atoms with Crippen LogP contribution in [0, 0.1) is 23.7 Å². The normalized spacial score (nSPS) is 15.7. The molecule has 0 saturated heterocycles. The van der Waals surface area contributed by atoms with Crippen molar-refractivity contribution in [3.63, 3.8) is 0 Å². The van der Waals surface area contributed by atoms with E-state index in [0.717, 1.165) is 0 Å². The number of carbonyl (C=O) groups is 6. The Kier molecular flexibility index (Phi) is 19.4. The standard InChI is InChI=1S/C37H61N5O9/c1-20(2)15-26(28(43)18-31(46)38-24(9)35(49)39-27(16-21(3)4)29(44)19-32(47)48)40-36(50)33(23(7)8)42-37(51)34(25-13-11-10-12-14-25)41-30(45)17-22(5)6/h10-14,20-24,26-29,33-34,43-44H,15-19H2,1-9H3,(H,38,46)(H,39,49)(H,40,50)(H,41,45)(H,42,51)(H,47,48). The quantitative estimate of drug-likeness (QED) is 0.0879. The zero-order chi connectivity index (χ0) is 39.0. The minimum Gasteiger partial charge on any atom is -0.481 e. The summed E-state index contributed by atoms with van der Waals surface area (Å²) in [5.41, 5.74) is 0.545. The second kappa shape index (κ2) is 22.0. The van der Waals surface area contributed by atoms with Crippen LogP contribution in [-0.4, -0.2) is 87.2 Å². The molecule has 0 fully saturated rings. The molecule has 14 heteroatoms. The van der Waals surface area contributed by atoms with Crippen molar-refractivity contribution in [1.29, 1.82) is 0 Å². The molecule has 0 aromatic heterocycles. The number of carbonyl (C=O) groups excluding carboxylic acids is 5. The van der Waals surface area contributed by atoms with E-state index in [-0.39, 0.29) is 36.0 Å². The first-order chi connectivity index (χ1) is 23.7. The van der Waals surface area contributed by atoms with Crippen molar-refractivity contribution in [3.8, 4) is 0 Å². The van der Waals surface area contributed by atoms with Crippen molar-refractivity contribution in [2.45, 2.75) is 137 Å². The van der Waals surface area contributed by atoms with Gasteiger partial charge in [0.1, 0.15) is 18.1 Å². The number of nitrogens with one attached hydrogen (secondary N) is 5. The van der Waals surface area contributed by atoms with Gasteiger partial charge in [-0.15, -0.1) is 0 Å². The fraction of sp³-hybridized carbons (Fsp3) is 0.676. The van der Waals surface area contributed by atoms with E-state index in [0.29, 0.717) is 18.4 Å². The molecule has 5 amide bonds. The number of amides is 5. The zero-order valence-electron chi connectivity index (χ0n) is 31.6. The highest BCUT2D eigenvalue weighted by molar-refractivity contribution is 5.93. The maximum absolute atomic E-state index is 13.7. The highest BCUT2D eigenvalue weighted by Gasteiger charge is 2.33. The van der Waals surface area contributed by atoms with E-state index in [1.807, 2.05) is 41.5 Å². The Balaban J connectivity index is 3.04. The smallest absolute Gasteiger partial charge is 0.306 e. The number of benzene rings is 1. The van der Waals surface area contributed by atoms with Gasteiger partial charge in [0.2, 0.25) is 29.5 Å². The lowest BCUT2D eigenvalue weighted by molar-refractivity contribution is -0.140. The topological polar surface area (TPSA) is 223 Å². The Hall–Kier alpha value is -4.04. The molecule has 0 saturated carbocycles. The first kappa shape index (κ1) is 45.0. The van der Waals surface area contributed by atoms with Gasteiger partial charge in [-0.3, -0.25) is 28.8 Å². The fourth-order valence-electron chi connectivity index (χ4n) is 5.55. The van der Waals surface area contributed by atoms with Crippen molar-refractivity contribution in [2.24, 2.45) is 23.7 Å². The molecule has 0 aliphatic heterocycles. The molecule has 1 rings (SSSR count). The summed E-state index contributed by atoms with van der Waals surface area (Å²) in [6, 6.07) is 3.79. The summed E-state index contributed by atoms with van der Waals surface area (Å²) in [5, 5.41) is 44.0. The van der Waals surface area contributed by atoms with Gasteiger partial charge in [-0.1, -0.05) is 85.7 Å². The van der Waals surface area contributed by atoms with Crippen LogP contribution in [0.5, 0.6) is 0 Å². The lowest BCUT2D eigenvalue weighted by atomic mass is 9.95. The molecule has 7 unspecified atom stereocenters. The molecule has 0 aliphatic rings. The summed E-state index contributed by atoms with van der Waals surface area (Å²) in [7, 11) is 0. The van der Waals surface area contributed by atoms with Crippen LogP contribution in [0.3, 0.4) is 0 Å². The average molecular weight is 720 g/mol. The van der Waals surface area contributed by atoms with Crippen LogP contribution >= 0.6 is 0 Å². The highest BCUT2D eigenvalue weighted by Crippen LogP contribution is 2.17. The Morgan fingerprint density at radius 3 is 1.53 bits per heavy atom. The number of carboxylic acid groups (broad SMARTS) is 1. The van der Waals surface area contributed by atoms with E-state index in [2.05, 4.69) is 26.6 Å². The molecule has 8 N–H and O–H groups in total. The molecule has 7 atom stereocenters. The largest absolute Gasteiger partial charge is 0.481 e. The van der Waals surface area contributed by atoms with Crippen LogP contribution in [0.2, 0.25) is 0 Å². The van der Waals surface area contributed by atoms with Crippen LogP contribution in [-0.2, 0) is 28.8 Å². The predicted octanol–water partition coefficient (Wildman–Crippen LogP) is 2.18. The van der Waals surface area contributed by atoms with E-state index in [1.165, 1.54) is 6.92 Å². The molecule has 1 aromatic rings. The molecule has 0 aliphatic carbocycles. The minimum atomic E-state index is -1.35. The first-order valence-electron chi connectivity index (χ1n) is 17.8. The summed E-state index contributed by atoms with van der Waals surface area (Å²) in [6.45, 7) is 16.2. The molecule has 51 heavy (non-hydrogen) atoms. The van der Waals surface area contributed by atoms with Crippen LogP contribution in [0.4, 0.5) is 0 Å². The second-order valence-electron chi connectivity index (χ2n) is 15.0. The second-order valence-corrected chi connectivity index (χ2v) is 15.0. The van der Waals surface area contributed by atoms with E-state index < -0.39 is 84.9 Å². The summed E-state index contributed by atoms with van der Waals surface area (Å²) >= 11 is 0. The fourth-order valence-corrected chi connectivity index (χ4v) is 5.55. The van der Waals surface area contributed by atoms with Gasteiger partial charge in [-0.2, -0.15) is 0 Å². The number of aliphatic carboxylic acids is 1. The number of hydrogen-bond acceptors (Lipinski definition) is 8. The van der Waals surface area contributed by atoms with Gasteiger partial charge >= 0.3 is 5.97 Å². The van der Waals surface area contributed by atoms with Crippen LogP contribution in [0.1, 0.15) is 106 Å². The molecular weight excluding hydrogens is 658 g/mol. The number of hydrogen-bond donors (Lipinski definition) is 8. The van der Waals surface area contributed by atoms with E-state index >= 15 is 0 Å². The number of carboxylic acids is 1. The van der Waals surface area contributed by atoms with Gasteiger partial charge in [0.15, 0.2) is 0 Å². The maximum Gasteiger partial charge on any atom is 0.306 e. The number of rotatable bonds is 22. The molecule has 0 bridgehead atoms. The van der Waals surface area contributed by atoms with Crippen LogP contribution in [0.25, 0.3) is 0 Å². The third-order valence-corrected chi connectivity index (χ3v) is 8.12. The Morgan fingerprint density at radius 1 is 0.569 bits per heavy atom. The average Bonchev–Trinajstić information content (AvgIpc) is 3.00. The van der Waals surface area contributed by atoms with E-state index in [1.54, 1.807) is 44.2 Å². The number of aliphatic hydroxyl groups excluding tert-OH is 2. The minimum absolute atomic E-state index is 0.00134. The first-order valence-corrected chi connectivity index (χ1v) is 17.8. The van der Waals surface area contributed by atoms with Gasteiger partial charge in [0.05, 0.1) is 37.1 Å². The Morgan fingerprint density at radius 2 is 1.06 bits per heavy atom. The summed E-state index contributed by atoms with van der Waals surface area (Å²) in [4.78, 5) is 76.9. The molecular formula is C37H61N5O9. The molecule has 14 nitrogen and oxygen atoms in total. The Bertz CT molecular complexity index is 1290. The van der Waals surface area contributed by atoms with Gasteiger partial charge in [-0.05, 0) is 49.0 Å². The number of aliphatic hydroxyl groups is 2. The van der Waals surface area contributed by atoms with Crippen molar-refractivity contribution < 1.29 is 44.1 Å². The molecule has 0 heterocycles. The van der Waals surface area contributed by atoms with Gasteiger partial charge < -0.3 is 41.9 Å². The monoisotopic (exact) mass is 719 g/mol. The van der Waals surface area contributed by atoms with Crippen molar-refractivity contribution in [1.82, 2.24) is 26.6 Å². The van der Waals surface area contributed by atoms with Gasteiger partial charge in [0.25, 0.3) is 0 Å². The Labute approximate surface area is 302 Å². The van der Waals surface area contributed by atoms with Crippen molar-refractivity contribution >= 4 is 35.5 Å². The lowest BCUT2D eigenvalue weighted by Gasteiger charge is -2.30.